The molecule has 3 aliphatic rings. The molecule has 5 rings (SSSR count). The predicted molar refractivity (Wildman–Crippen MR) is 169 cm³/mol. The van der Waals surface area contributed by atoms with Crippen molar-refractivity contribution in [1.82, 2.24) is 0 Å². The van der Waals surface area contributed by atoms with Gasteiger partial charge in [0.15, 0.2) is 0 Å². The van der Waals surface area contributed by atoms with Crippen molar-refractivity contribution in [2.75, 3.05) is 13.2 Å². The van der Waals surface area contributed by atoms with Gasteiger partial charge in [0, 0.05) is 12.8 Å². The lowest BCUT2D eigenvalue weighted by Crippen LogP contribution is -2.70. The molecule has 0 saturated carbocycles. The number of carbonyl (C=O) groups is 1. The van der Waals surface area contributed by atoms with Crippen LogP contribution in [0.1, 0.15) is 80.6 Å². The SMILES string of the molecule is CCOC(=O)C[C@@H]1O[C@@H]2C[C@@H]3O[C@H](CO[Si](c4ccccc4)(c4ccccc4)C(C)(C)C)CC[C@@]3(C)O[C@@]2(C)C[C@@]1(C)O. The Hall–Kier alpha value is -2.07. The predicted octanol–water partition coefficient (Wildman–Crippen LogP) is 4.91. The van der Waals surface area contributed by atoms with E-state index in [0.29, 0.717) is 26.1 Å². The maximum atomic E-state index is 12.3. The van der Waals surface area contributed by atoms with Gasteiger partial charge < -0.3 is 28.5 Å². The van der Waals surface area contributed by atoms with Crippen LogP contribution in [0.5, 0.6) is 0 Å². The molecular formula is C35H50O7Si. The number of ether oxygens (including phenoxy) is 4. The molecule has 3 saturated heterocycles. The Morgan fingerprint density at radius 3 is 2.09 bits per heavy atom. The van der Waals surface area contributed by atoms with Gasteiger partial charge in [-0.05, 0) is 55.9 Å². The first-order chi connectivity index (χ1) is 20.2. The topological polar surface area (TPSA) is 83.5 Å². The summed E-state index contributed by atoms with van der Waals surface area (Å²) < 4.78 is 32.5. The number of aliphatic hydroxyl groups is 1. The Bertz CT molecular complexity index is 1210. The summed E-state index contributed by atoms with van der Waals surface area (Å²) in [5, 5.41) is 13.7. The molecule has 7 atom stereocenters. The van der Waals surface area contributed by atoms with E-state index in [1.54, 1.807) is 13.8 Å². The highest BCUT2D eigenvalue weighted by Gasteiger charge is 2.61. The van der Waals surface area contributed by atoms with Crippen LogP contribution in [0.2, 0.25) is 5.04 Å². The van der Waals surface area contributed by atoms with E-state index in [0.717, 1.165) is 12.8 Å². The Kier molecular flexibility index (Phi) is 9.04. The first kappa shape index (κ1) is 32.3. The number of fused-ring (bicyclic) bond motifs is 2. The highest BCUT2D eigenvalue weighted by atomic mass is 28.4. The van der Waals surface area contributed by atoms with Gasteiger partial charge in [-0.25, -0.2) is 0 Å². The van der Waals surface area contributed by atoms with Crippen molar-refractivity contribution in [3.05, 3.63) is 60.7 Å². The number of benzene rings is 2. The van der Waals surface area contributed by atoms with Crippen LogP contribution >= 0.6 is 0 Å². The van der Waals surface area contributed by atoms with Gasteiger partial charge in [0.1, 0.15) is 0 Å². The van der Waals surface area contributed by atoms with Crippen LogP contribution in [-0.4, -0.2) is 73.8 Å². The fourth-order valence-corrected chi connectivity index (χ4v) is 12.4. The van der Waals surface area contributed by atoms with Gasteiger partial charge in [-0.1, -0.05) is 81.4 Å². The van der Waals surface area contributed by atoms with Crippen LogP contribution in [-0.2, 0) is 28.2 Å². The summed E-state index contributed by atoms with van der Waals surface area (Å²) in [5.41, 5.74) is -2.42. The maximum absolute atomic E-state index is 12.3. The van der Waals surface area contributed by atoms with Gasteiger partial charge in [-0.2, -0.15) is 0 Å². The minimum Gasteiger partial charge on any atom is -0.466 e. The molecule has 8 heteroatoms. The average molecular weight is 611 g/mol. The second-order valence-corrected chi connectivity index (χ2v) is 18.7. The fourth-order valence-electron chi connectivity index (χ4n) is 7.78. The van der Waals surface area contributed by atoms with Crippen LogP contribution in [0.15, 0.2) is 60.7 Å². The second kappa shape index (κ2) is 12.0. The van der Waals surface area contributed by atoms with Crippen LogP contribution < -0.4 is 10.4 Å². The molecule has 2 aromatic carbocycles. The van der Waals surface area contributed by atoms with Crippen LogP contribution in [0.3, 0.4) is 0 Å². The quantitative estimate of drug-likeness (QED) is 0.336. The van der Waals surface area contributed by atoms with Gasteiger partial charge in [0.05, 0.1) is 60.9 Å². The molecular weight excluding hydrogens is 560 g/mol. The number of hydrogen-bond acceptors (Lipinski definition) is 7. The van der Waals surface area contributed by atoms with Crippen molar-refractivity contribution < 1.29 is 33.3 Å². The van der Waals surface area contributed by atoms with Crippen molar-refractivity contribution in [2.24, 2.45) is 0 Å². The van der Waals surface area contributed by atoms with Gasteiger partial charge in [-0.15, -0.1) is 0 Å². The first-order valence-corrected chi connectivity index (χ1v) is 17.8. The maximum Gasteiger partial charge on any atom is 0.308 e. The molecule has 1 N–H and O–H groups in total. The van der Waals surface area contributed by atoms with E-state index in [2.05, 4.69) is 88.4 Å². The van der Waals surface area contributed by atoms with Crippen LogP contribution in [0, 0.1) is 0 Å². The zero-order valence-electron chi connectivity index (χ0n) is 26.9. The summed E-state index contributed by atoms with van der Waals surface area (Å²) in [6, 6.07) is 21.4. The Balaban J connectivity index is 1.35. The van der Waals surface area contributed by atoms with E-state index in [9.17, 15) is 9.90 Å². The molecule has 0 spiro atoms. The zero-order chi connectivity index (χ0) is 31.1. The molecule has 3 heterocycles. The lowest BCUT2D eigenvalue weighted by Gasteiger charge is -2.60. The van der Waals surface area contributed by atoms with E-state index in [4.69, 9.17) is 23.4 Å². The summed E-state index contributed by atoms with van der Waals surface area (Å²) >= 11 is 0. The van der Waals surface area contributed by atoms with Gasteiger partial charge in [0.25, 0.3) is 8.32 Å². The third kappa shape index (κ3) is 6.24. The molecule has 43 heavy (non-hydrogen) atoms. The van der Waals surface area contributed by atoms with Crippen LogP contribution in [0.25, 0.3) is 0 Å². The van der Waals surface area contributed by atoms with Gasteiger partial charge in [-0.3, -0.25) is 4.79 Å². The van der Waals surface area contributed by atoms with Crippen molar-refractivity contribution in [3.8, 4) is 0 Å². The Labute approximate surface area is 258 Å². The molecule has 0 radical (unpaired) electrons. The van der Waals surface area contributed by atoms with Crippen LogP contribution in [0.4, 0.5) is 0 Å². The summed E-state index contributed by atoms with van der Waals surface area (Å²) in [4.78, 5) is 12.3. The summed E-state index contributed by atoms with van der Waals surface area (Å²) in [7, 11) is -2.69. The highest BCUT2D eigenvalue weighted by molar-refractivity contribution is 6.99. The van der Waals surface area contributed by atoms with E-state index in [-0.39, 0.29) is 35.7 Å². The molecule has 0 aliphatic carbocycles. The third-order valence-electron chi connectivity index (χ3n) is 9.87. The smallest absolute Gasteiger partial charge is 0.308 e. The summed E-state index contributed by atoms with van der Waals surface area (Å²) in [6.07, 6.45) is 1.36. The highest BCUT2D eigenvalue weighted by Crippen LogP contribution is 2.51. The Morgan fingerprint density at radius 2 is 1.53 bits per heavy atom. The lowest BCUT2D eigenvalue weighted by atomic mass is 9.71. The van der Waals surface area contributed by atoms with Crippen molar-refractivity contribution in [2.45, 2.75) is 127 Å². The molecule has 0 amide bonds. The number of rotatable bonds is 8. The lowest BCUT2D eigenvalue weighted by molar-refractivity contribution is -0.348. The van der Waals surface area contributed by atoms with Gasteiger partial charge >= 0.3 is 5.97 Å². The van der Waals surface area contributed by atoms with E-state index in [1.807, 2.05) is 6.92 Å². The largest absolute Gasteiger partial charge is 0.466 e. The normalized spacial score (nSPS) is 34.6. The van der Waals surface area contributed by atoms with E-state index >= 15 is 0 Å². The zero-order valence-corrected chi connectivity index (χ0v) is 27.9. The van der Waals surface area contributed by atoms with E-state index < -0.39 is 31.2 Å². The minimum atomic E-state index is -2.69. The molecule has 7 nitrogen and oxygen atoms in total. The molecule has 3 fully saturated rings. The van der Waals surface area contributed by atoms with Crippen molar-refractivity contribution in [1.29, 1.82) is 0 Å². The average Bonchev–Trinajstić information content (AvgIpc) is 2.93. The third-order valence-corrected chi connectivity index (χ3v) is 14.9. The molecule has 2 aromatic rings. The van der Waals surface area contributed by atoms with E-state index in [1.165, 1.54) is 10.4 Å². The minimum absolute atomic E-state index is 0.00512. The van der Waals surface area contributed by atoms with Gasteiger partial charge in [0.2, 0.25) is 0 Å². The molecule has 0 unspecified atom stereocenters. The Morgan fingerprint density at radius 1 is 0.953 bits per heavy atom. The molecule has 3 aliphatic heterocycles. The van der Waals surface area contributed by atoms with Crippen molar-refractivity contribution >= 4 is 24.7 Å². The number of carbonyl (C=O) groups excluding carboxylic acids is 1. The number of hydrogen-bond donors (Lipinski definition) is 1. The summed E-state index contributed by atoms with van der Waals surface area (Å²) in [5.74, 6) is -0.368. The molecule has 0 aromatic heterocycles. The molecule has 236 valence electrons. The standard InChI is InChI=1S/C35H50O7Si/c1-8-38-31(36)22-28-33(5,37)24-35(7)30(41-28)21-29-34(6,42-35)20-19-25(40-29)23-39-43(32(2,3)4,26-15-11-9-12-16-26)27-17-13-10-14-18-27/h9-18,25,28-30,37H,8,19-24H2,1-7H3/t25-,28-,29-,30+,33+,34+,35-/m0/s1. The first-order valence-electron chi connectivity index (χ1n) is 15.9. The summed E-state index contributed by atoms with van der Waals surface area (Å²) in [6.45, 7) is 15.3. The molecule has 0 bridgehead atoms. The fraction of sp³-hybridized carbons (Fsp3) is 0.629. The van der Waals surface area contributed by atoms with Crippen molar-refractivity contribution in [3.63, 3.8) is 0 Å². The number of esters is 1. The second-order valence-electron chi connectivity index (χ2n) is 14.4. The monoisotopic (exact) mass is 610 g/mol.